The lowest BCUT2D eigenvalue weighted by Gasteiger charge is -2.26. The third-order valence-corrected chi connectivity index (χ3v) is 10.8. The van der Waals surface area contributed by atoms with E-state index in [1.54, 1.807) is 0 Å². The lowest BCUT2D eigenvalue weighted by atomic mass is 10.0. The van der Waals surface area contributed by atoms with Crippen molar-refractivity contribution in [3.05, 3.63) is 206 Å². The molecule has 0 aliphatic carbocycles. The molecule has 264 valence electrons. The Bertz CT molecular complexity index is 3160. The van der Waals surface area contributed by atoms with E-state index in [-0.39, 0.29) is 0 Å². The molecule has 0 aliphatic rings. The molecule has 0 spiro atoms. The number of fused-ring (bicyclic) bond motifs is 7. The zero-order valence-electron chi connectivity index (χ0n) is 30.3. The van der Waals surface area contributed by atoms with Crippen LogP contribution in [0.3, 0.4) is 0 Å². The molecule has 0 atom stereocenters. The molecule has 0 amide bonds. The van der Waals surface area contributed by atoms with Gasteiger partial charge in [-0.25, -0.2) is 0 Å². The molecule has 11 aromatic rings. The standard InChI is InChI=1S/C52H34N2O2/c1-3-14-39(15-4-1)53(40-16-5-2-6-17-40)42-29-31-46-51(33-42)56-49-21-11-19-47(52(46)49)54(43-28-30-45-44-18-9-10-20-48(44)55-50(45)34-43)41-26-24-36(25-27-41)38-23-22-35-12-7-8-13-37(35)32-38/h1-34H. The maximum Gasteiger partial charge on any atom is 0.137 e. The van der Waals surface area contributed by atoms with E-state index in [9.17, 15) is 0 Å². The van der Waals surface area contributed by atoms with E-state index in [4.69, 9.17) is 8.83 Å². The van der Waals surface area contributed by atoms with Gasteiger partial charge in [-0.15, -0.1) is 0 Å². The van der Waals surface area contributed by atoms with Crippen molar-refractivity contribution >= 4 is 88.8 Å². The molecule has 9 aromatic carbocycles. The molecule has 0 fully saturated rings. The Hall–Kier alpha value is -7.56. The first-order valence-corrected chi connectivity index (χ1v) is 18.9. The SMILES string of the molecule is c1ccc(N(c2ccccc2)c2ccc3c(c2)oc2cccc(N(c4ccc(-c5ccc6ccccc6c5)cc4)c4ccc5c(c4)oc4ccccc45)c23)cc1. The van der Waals surface area contributed by atoms with Gasteiger partial charge in [0, 0.05) is 56.7 Å². The van der Waals surface area contributed by atoms with Crippen LogP contribution in [0.2, 0.25) is 0 Å². The molecule has 4 nitrogen and oxygen atoms in total. The summed E-state index contributed by atoms with van der Waals surface area (Å²) in [4.78, 5) is 4.59. The molecule has 0 radical (unpaired) electrons. The van der Waals surface area contributed by atoms with Crippen LogP contribution in [-0.4, -0.2) is 0 Å². The van der Waals surface area contributed by atoms with Gasteiger partial charge in [-0.3, -0.25) is 0 Å². The monoisotopic (exact) mass is 718 g/mol. The second kappa shape index (κ2) is 13.1. The molecular formula is C52H34N2O2. The normalized spacial score (nSPS) is 11.6. The van der Waals surface area contributed by atoms with Gasteiger partial charge >= 0.3 is 0 Å². The van der Waals surface area contributed by atoms with Crippen molar-refractivity contribution in [3.8, 4) is 11.1 Å². The number of benzene rings is 9. The summed E-state index contributed by atoms with van der Waals surface area (Å²) in [6.45, 7) is 0. The summed E-state index contributed by atoms with van der Waals surface area (Å²) < 4.78 is 13.2. The number of nitrogens with zero attached hydrogens (tertiary/aromatic N) is 2. The quantitative estimate of drug-likeness (QED) is 0.164. The third kappa shape index (κ3) is 5.39. The predicted molar refractivity (Wildman–Crippen MR) is 233 cm³/mol. The number of anilines is 6. The molecule has 2 aromatic heterocycles. The minimum absolute atomic E-state index is 0.821. The Labute approximate surface area is 323 Å². The van der Waals surface area contributed by atoms with Gasteiger partial charge in [-0.05, 0) is 107 Å². The molecule has 2 heterocycles. The summed E-state index contributed by atoms with van der Waals surface area (Å²) in [7, 11) is 0. The summed E-state index contributed by atoms with van der Waals surface area (Å²) in [6, 6.07) is 72.6. The van der Waals surface area contributed by atoms with E-state index in [1.165, 1.54) is 16.3 Å². The van der Waals surface area contributed by atoms with Crippen LogP contribution in [0.25, 0.3) is 65.8 Å². The van der Waals surface area contributed by atoms with Crippen LogP contribution in [-0.2, 0) is 0 Å². The first-order valence-electron chi connectivity index (χ1n) is 18.9. The summed E-state index contributed by atoms with van der Waals surface area (Å²) in [5, 5.41) is 6.76. The molecule has 56 heavy (non-hydrogen) atoms. The maximum atomic E-state index is 6.73. The Balaban J connectivity index is 1.08. The van der Waals surface area contributed by atoms with Crippen molar-refractivity contribution in [2.75, 3.05) is 9.80 Å². The number of furan rings is 2. The Morgan fingerprint density at radius 3 is 1.59 bits per heavy atom. The maximum absolute atomic E-state index is 6.73. The molecule has 4 heteroatoms. The van der Waals surface area contributed by atoms with E-state index in [0.717, 1.165) is 83.6 Å². The van der Waals surface area contributed by atoms with E-state index in [2.05, 4.69) is 192 Å². The molecule has 0 saturated carbocycles. The molecule has 0 N–H and O–H groups in total. The fourth-order valence-electron chi connectivity index (χ4n) is 8.18. The largest absolute Gasteiger partial charge is 0.456 e. The third-order valence-electron chi connectivity index (χ3n) is 10.8. The lowest BCUT2D eigenvalue weighted by Crippen LogP contribution is -2.10. The van der Waals surface area contributed by atoms with Gasteiger partial charge in [0.2, 0.25) is 0 Å². The molecule has 0 unspecified atom stereocenters. The molecule has 11 rings (SSSR count). The van der Waals surface area contributed by atoms with Crippen LogP contribution >= 0.6 is 0 Å². The van der Waals surface area contributed by atoms with Crippen molar-refractivity contribution in [3.63, 3.8) is 0 Å². The van der Waals surface area contributed by atoms with E-state index in [0.29, 0.717) is 0 Å². The van der Waals surface area contributed by atoms with Crippen molar-refractivity contribution in [2.45, 2.75) is 0 Å². The first-order chi connectivity index (χ1) is 27.7. The van der Waals surface area contributed by atoms with Crippen LogP contribution in [0.1, 0.15) is 0 Å². The molecule has 0 aliphatic heterocycles. The first kappa shape index (κ1) is 31.9. The zero-order valence-corrected chi connectivity index (χ0v) is 30.3. The second-order valence-corrected chi connectivity index (χ2v) is 14.2. The summed E-state index contributed by atoms with van der Waals surface area (Å²) in [6.07, 6.45) is 0. The predicted octanol–water partition coefficient (Wildman–Crippen LogP) is 15.2. The van der Waals surface area contributed by atoms with Crippen LogP contribution in [0.5, 0.6) is 0 Å². The Morgan fingerprint density at radius 1 is 0.286 bits per heavy atom. The van der Waals surface area contributed by atoms with Crippen molar-refractivity contribution < 1.29 is 8.83 Å². The highest BCUT2D eigenvalue weighted by molar-refractivity contribution is 6.14. The zero-order chi connectivity index (χ0) is 37.0. The van der Waals surface area contributed by atoms with Crippen molar-refractivity contribution in [1.29, 1.82) is 0 Å². The van der Waals surface area contributed by atoms with Gasteiger partial charge in [-0.2, -0.15) is 0 Å². The minimum atomic E-state index is 0.821. The topological polar surface area (TPSA) is 32.8 Å². The fraction of sp³-hybridized carbons (Fsp3) is 0. The van der Waals surface area contributed by atoms with Crippen LogP contribution in [0.4, 0.5) is 34.1 Å². The highest BCUT2D eigenvalue weighted by Crippen LogP contribution is 2.46. The number of rotatable bonds is 7. The number of hydrogen-bond acceptors (Lipinski definition) is 4. The number of hydrogen-bond donors (Lipinski definition) is 0. The highest BCUT2D eigenvalue weighted by Gasteiger charge is 2.22. The average Bonchev–Trinajstić information content (AvgIpc) is 3.83. The smallest absolute Gasteiger partial charge is 0.137 e. The van der Waals surface area contributed by atoms with Crippen LogP contribution in [0.15, 0.2) is 215 Å². The van der Waals surface area contributed by atoms with Gasteiger partial charge in [0.05, 0.1) is 11.1 Å². The lowest BCUT2D eigenvalue weighted by molar-refractivity contribution is 0.669. The van der Waals surface area contributed by atoms with Gasteiger partial charge < -0.3 is 18.6 Å². The Kier molecular flexibility index (Phi) is 7.46. The van der Waals surface area contributed by atoms with Crippen molar-refractivity contribution in [1.82, 2.24) is 0 Å². The van der Waals surface area contributed by atoms with Crippen LogP contribution < -0.4 is 9.80 Å². The van der Waals surface area contributed by atoms with Crippen LogP contribution in [0, 0.1) is 0 Å². The van der Waals surface area contributed by atoms with E-state index >= 15 is 0 Å². The number of para-hydroxylation sites is 3. The fourth-order valence-corrected chi connectivity index (χ4v) is 8.18. The highest BCUT2D eigenvalue weighted by atomic mass is 16.3. The summed E-state index contributed by atoms with van der Waals surface area (Å²) in [5.41, 5.74) is 11.9. The van der Waals surface area contributed by atoms with Crippen molar-refractivity contribution in [2.24, 2.45) is 0 Å². The van der Waals surface area contributed by atoms with E-state index in [1.807, 2.05) is 24.3 Å². The second-order valence-electron chi connectivity index (χ2n) is 14.2. The Morgan fingerprint density at radius 2 is 0.821 bits per heavy atom. The summed E-state index contributed by atoms with van der Waals surface area (Å²) in [5.74, 6) is 0. The molecular weight excluding hydrogens is 685 g/mol. The minimum Gasteiger partial charge on any atom is -0.456 e. The van der Waals surface area contributed by atoms with Gasteiger partial charge in [-0.1, -0.05) is 109 Å². The molecule has 0 saturated heterocycles. The average molecular weight is 719 g/mol. The summed E-state index contributed by atoms with van der Waals surface area (Å²) >= 11 is 0. The van der Waals surface area contributed by atoms with Gasteiger partial charge in [0.15, 0.2) is 0 Å². The molecule has 0 bridgehead atoms. The van der Waals surface area contributed by atoms with Gasteiger partial charge in [0.25, 0.3) is 0 Å². The van der Waals surface area contributed by atoms with Gasteiger partial charge in [0.1, 0.15) is 22.3 Å². The van der Waals surface area contributed by atoms with E-state index < -0.39 is 0 Å².